The van der Waals surface area contributed by atoms with Crippen LogP contribution in [0.5, 0.6) is 0 Å². The van der Waals surface area contributed by atoms with Gasteiger partial charge in [-0.05, 0) is 78.9 Å². The first-order chi connectivity index (χ1) is 24.2. The molecule has 7 aromatic rings. The van der Waals surface area contributed by atoms with Gasteiger partial charge in [0.25, 0.3) is 10.0 Å². The standard InChI is InChI=1S/C42H39N2O3PS2/c1-42(2,49(43)45)38(29-32-19-16-18-31-17-12-13-26-36(31)32)41-37-27-14-15-28-39(37)44(50(46,47)35-24-10-5-11-25-35)40(41)30-48(33-20-6-3-7-21-33)34-22-8-4-9-23-34/h3-28,38H,29-30,43H2,1-2H3. The fourth-order valence-electron chi connectivity index (χ4n) is 7.02. The van der Waals surface area contributed by atoms with Crippen LogP contribution in [0.2, 0.25) is 0 Å². The molecule has 0 fully saturated rings. The number of hydrogen-bond acceptors (Lipinski definition) is 4. The van der Waals surface area contributed by atoms with Crippen LogP contribution in [0.15, 0.2) is 163 Å². The highest BCUT2D eigenvalue weighted by Gasteiger charge is 2.45. The van der Waals surface area contributed by atoms with Gasteiger partial charge in [0.1, 0.15) is 4.75 Å². The molecule has 0 bridgehead atoms. The Labute approximate surface area is 298 Å². The Morgan fingerprint density at radius 2 is 1.22 bits per heavy atom. The first kappa shape index (κ1) is 34.2. The highest BCUT2D eigenvalue weighted by atomic mass is 32.2. The molecule has 2 N–H and O–H groups in total. The summed E-state index contributed by atoms with van der Waals surface area (Å²) in [4.78, 5) is 0.213. The Morgan fingerprint density at radius 3 is 1.84 bits per heavy atom. The molecule has 0 saturated heterocycles. The van der Waals surface area contributed by atoms with E-state index in [0.29, 0.717) is 23.8 Å². The van der Waals surface area contributed by atoms with Crippen molar-refractivity contribution in [2.75, 3.05) is 0 Å². The van der Waals surface area contributed by atoms with Gasteiger partial charge in [0, 0.05) is 34.5 Å². The lowest BCUT2D eigenvalue weighted by atomic mass is 9.80. The smallest absolute Gasteiger partial charge is 0.268 e. The minimum absolute atomic E-state index is 0.213. The van der Waals surface area contributed by atoms with Crippen molar-refractivity contribution < 1.29 is 13.0 Å². The summed E-state index contributed by atoms with van der Waals surface area (Å²) in [5.74, 6) is -0.408. The average molecular weight is 715 g/mol. The molecule has 252 valence electrons. The number of rotatable bonds is 11. The number of benzene rings is 6. The van der Waals surface area contributed by atoms with E-state index < -0.39 is 40.0 Å². The second-order valence-electron chi connectivity index (χ2n) is 13.0. The van der Waals surface area contributed by atoms with E-state index in [1.807, 2.05) is 92.7 Å². The Kier molecular flexibility index (Phi) is 9.71. The van der Waals surface area contributed by atoms with Gasteiger partial charge in [-0.15, -0.1) is 0 Å². The van der Waals surface area contributed by atoms with Gasteiger partial charge in [-0.25, -0.2) is 12.4 Å². The lowest BCUT2D eigenvalue weighted by Gasteiger charge is -2.35. The van der Waals surface area contributed by atoms with Gasteiger partial charge >= 0.3 is 0 Å². The van der Waals surface area contributed by atoms with Crippen LogP contribution in [0.25, 0.3) is 21.7 Å². The fourth-order valence-corrected chi connectivity index (χ4v) is 11.5. The van der Waals surface area contributed by atoms with Gasteiger partial charge in [-0.1, -0.05) is 140 Å². The van der Waals surface area contributed by atoms with Crippen molar-refractivity contribution in [2.24, 2.45) is 5.14 Å². The van der Waals surface area contributed by atoms with Gasteiger partial charge in [0.2, 0.25) is 0 Å². The van der Waals surface area contributed by atoms with E-state index in [4.69, 9.17) is 5.14 Å². The predicted octanol–water partition coefficient (Wildman–Crippen LogP) is 8.39. The van der Waals surface area contributed by atoms with Crippen molar-refractivity contribution in [1.29, 1.82) is 0 Å². The quantitative estimate of drug-likeness (QED) is 0.108. The average Bonchev–Trinajstić information content (AvgIpc) is 3.47. The third-order valence-electron chi connectivity index (χ3n) is 9.70. The summed E-state index contributed by atoms with van der Waals surface area (Å²) in [6.07, 6.45) is 0.955. The molecule has 0 amide bonds. The molecule has 1 aromatic heterocycles. The third-order valence-corrected chi connectivity index (χ3v) is 15.3. The third kappa shape index (κ3) is 6.41. The molecule has 0 aliphatic rings. The molecule has 6 aromatic carbocycles. The van der Waals surface area contributed by atoms with Gasteiger partial charge in [0.05, 0.1) is 10.4 Å². The lowest BCUT2D eigenvalue weighted by Crippen LogP contribution is -2.44. The Balaban J connectivity index is 1.56. The van der Waals surface area contributed by atoms with Crippen molar-refractivity contribution in [3.63, 3.8) is 0 Å². The summed E-state index contributed by atoms with van der Waals surface area (Å²) in [6, 6.07) is 51.6. The first-order valence-electron chi connectivity index (χ1n) is 16.6. The summed E-state index contributed by atoms with van der Waals surface area (Å²) in [7, 11) is -5.14. The number of nitrogens with two attached hydrogens (primary N) is 1. The van der Waals surface area contributed by atoms with Crippen molar-refractivity contribution in [2.45, 2.75) is 42.0 Å². The highest BCUT2D eigenvalue weighted by molar-refractivity contribution is 7.90. The van der Waals surface area contributed by atoms with Crippen molar-refractivity contribution in [3.8, 4) is 0 Å². The molecule has 2 unspecified atom stereocenters. The maximum absolute atomic E-state index is 15.0. The van der Waals surface area contributed by atoms with E-state index in [1.54, 1.807) is 28.2 Å². The molecule has 1 heterocycles. The maximum atomic E-state index is 15.0. The fraction of sp³-hybridized carbons (Fsp3) is 0.143. The van der Waals surface area contributed by atoms with Crippen LogP contribution < -0.4 is 15.7 Å². The van der Waals surface area contributed by atoms with E-state index in [9.17, 15) is 13.0 Å². The van der Waals surface area contributed by atoms with Crippen LogP contribution >= 0.6 is 7.92 Å². The molecule has 2 atom stereocenters. The zero-order valence-electron chi connectivity index (χ0n) is 28.0. The minimum atomic E-state index is -4.07. The second-order valence-corrected chi connectivity index (χ2v) is 18.7. The minimum Gasteiger partial charge on any atom is -0.598 e. The second kappa shape index (κ2) is 14.2. The number of para-hydroxylation sites is 1. The van der Waals surface area contributed by atoms with E-state index in [0.717, 1.165) is 37.9 Å². The van der Waals surface area contributed by atoms with E-state index >= 15 is 0 Å². The molecule has 7 rings (SSSR count). The molecular formula is C42H39N2O3PS2. The Hall–Kier alpha value is -4.23. The van der Waals surface area contributed by atoms with Gasteiger partial charge < -0.3 is 4.55 Å². The molecule has 50 heavy (non-hydrogen) atoms. The number of fused-ring (bicyclic) bond motifs is 2. The summed E-state index contributed by atoms with van der Waals surface area (Å²) in [5.41, 5.74) is 3.25. The van der Waals surface area contributed by atoms with Crippen molar-refractivity contribution >= 4 is 61.6 Å². The molecule has 8 heteroatoms. The normalized spacial score (nSPS) is 13.5. The summed E-state index contributed by atoms with van der Waals surface area (Å²) in [6.45, 7) is 3.88. The zero-order valence-corrected chi connectivity index (χ0v) is 30.5. The molecule has 0 saturated carbocycles. The largest absolute Gasteiger partial charge is 0.598 e. The monoisotopic (exact) mass is 714 g/mol. The molecule has 0 spiro atoms. The Bertz CT molecular complexity index is 2320. The van der Waals surface area contributed by atoms with E-state index in [1.165, 1.54) is 0 Å². The first-order valence-corrected chi connectivity index (χ1v) is 20.8. The van der Waals surface area contributed by atoms with E-state index in [-0.39, 0.29) is 4.90 Å². The highest BCUT2D eigenvalue weighted by Crippen LogP contribution is 2.48. The lowest BCUT2D eigenvalue weighted by molar-refractivity contribution is 0.482. The maximum Gasteiger partial charge on any atom is 0.268 e. The predicted molar refractivity (Wildman–Crippen MR) is 211 cm³/mol. The molecule has 0 aliphatic heterocycles. The van der Waals surface area contributed by atoms with Crippen LogP contribution in [0.3, 0.4) is 0 Å². The summed E-state index contributed by atoms with van der Waals surface area (Å²) < 4.78 is 44.2. The summed E-state index contributed by atoms with van der Waals surface area (Å²) in [5, 5.41) is 11.7. The number of aromatic nitrogens is 1. The van der Waals surface area contributed by atoms with Crippen LogP contribution in [-0.4, -0.2) is 21.7 Å². The van der Waals surface area contributed by atoms with Crippen LogP contribution in [-0.2, 0) is 34.0 Å². The van der Waals surface area contributed by atoms with Crippen LogP contribution in [0.1, 0.15) is 36.6 Å². The molecule has 0 aliphatic carbocycles. The zero-order chi connectivity index (χ0) is 34.9. The van der Waals surface area contributed by atoms with Gasteiger partial charge in [-0.2, -0.15) is 5.14 Å². The van der Waals surface area contributed by atoms with Gasteiger partial charge in [-0.3, -0.25) is 0 Å². The number of nitrogens with zero attached hydrogens (tertiary/aromatic N) is 1. The molecule has 0 radical (unpaired) electrons. The van der Waals surface area contributed by atoms with Crippen LogP contribution in [0, 0.1) is 0 Å². The van der Waals surface area contributed by atoms with Crippen molar-refractivity contribution in [1.82, 2.24) is 3.97 Å². The van der Waals surface area contributed by atoms with E-state index in [2.05, 4.69) is 54.6 Å². The molecule has 5 nitrogen and oxygen atoms in total. The van der Waals surface area contributed by atoms with Crippen LogP contribution in [0.4, 0.5) is 0 Å². The van der Waals surface area contributed by atoms with Crippen molar-refractivity contribution in [3.05, 3.63) is 175 Å². The SMILES string of the molecule is CC(C)(C(Cc1cccc2ccccc12)c1c(CP(c2ccccc2)c2ccccc2)n(S(=O)(=O)c2ccccc2)c2ccccc12)[S+](N)[O-]. The number of hydrogen-bond donors (Lipinski definition) is 1. The summed E-state index contributed by atoms with van der Waals surface area (Å²) >= 11 is -1.75. The molecular weight excluding hydrogens is 676 g/mol. The Morgan fingerprint density at radius 1 is 0.700 bits per heavy atom. The van der Waals surface area contributed by atoms with Gasteiger partial charge in [0.15, 0.2) is 0 Å². The topological polar surface area (TPSA) is 88.2 Å².